The lowest BCUT2D eigenvalue weighted by Crippen LogP contribution is -2.18. The molecule has 0 fully saturated rings. The van der Waals surface area contributed by atoms with Gasteiger partial charge in [-0.05, 0) is 27.2 Å². The molecular formula is C10H20O4. The van der Waals surface area contributed by atoms with Crippen molar-refractivity contribution in [1.29, 1.82) is 0 Å². The van der Waals surface area contributed by atoms with Crippen molar-refractivity contribution in [2.45, 2.75) is 41.0 Å². The van der Waals surface area contributed by atoms with E-state index in [4.69, 9.17) is 10.2 Å². The van der Waals surface area contributed by atoms with Crippen LogP contribution in [0.4, 0.5) is 0 Å². The quantitative estimate of drug-likeness (QED) is 0.723. The molecule has 0 aliphatic rings. The summed E-state index contributed by atoms with van der Waals surface area (Å²) in [5.74, 6) is -1.64. The summed E-state index contributed by atoms with van der Waals surface area (Å²) in [5, 5.41) is 16.4. The minimum Gasteiger partial charge on any atom is -0.481 e. The topological polar surface area (TPSA) is 74.6 Å². The summed E-state index contributed by atoms with van der Waals surface area (Å²) in [6.07, 6.45) is 0.718. The minimum atomic E-state index is -0.757. The highest BCUT2D eigenvalue weighted by atomic mass is 16.4. The molecule has 1 atom stereocenters. The second kappa shape index (κ2) is 6.40. The first-order chi connectivity index (χ1) is 6.12. The molecule has 14 heavy (non-hydrogen) atoms. The van der Waals surface area contributed by atoms with Crippen molar-refractivity contribution in [3.63, 3.8) is 0 Å². The van der Waals surface area contributed by atoms with Crippen molar-refractivity contribution in [2.24, 2.45) is 11.3 Å². The molecule has 0 aliphatic carbocycles. The van der Waals surface area contributed by atoms with Crippen LogP contribution in [-0.4, -0.2) is 22.2 Å². The second-order valence-electron chi connectivity index (χ2n) is 4.20. The number of hydrogen-bond donors (Lipinski definition) is 2. The van der Waals surface area contributed by atoms with Crippen LogP contribution in [0.15, 0.2) is 0 Å². The van der Waals surface area contributed by atoms with Crippen molar-refractivity contribution in [2.75, 3.05) is 0 Å². The summed E-state index contributed by atoms with van der Waals surface area (Å²) in [7, 11) is 0. The first-order valence-electron chi connectivity index (χ1n) is 4.59. The van der Waals surface area contributed by atoms with Gasteiger partial charge in [-0.3, -0.25) is 9.59 Å². The Morgan fingerprint density at radius 1 is 1.21 bits per heavy atom. The molecule has 2 N–H and O–H groups in total. The molecule has 0 aliphatic heterocycles. The van der Waals surface area contributed by atoms with Gasteiger partial charge in [0.2, 0.25) is 0 Å². The van der Waals surface area contributed by atoms with E-state index in [0.29, 0.717) is 0 Å². The highest BCUT2D eigenvalue weighted by Crippen LogP contribution is 2.11. The predicted molar refractivity (Wildman–Crippen MR) is 54.2 cm³/mol. The van der Waals surface area contributed by atoms with Gasteiger partial charge in [-0.15, -0.1) is 0 Å². The highest BCUT2D eigenvalue weighted by Gasteiger charge is 2.18. The summed E-state index contributed by atoms with van der Waals surface area (Å²) < 4.78 is 0. The van der Waals surface area contributed by atoms with Crippen LogP contribution in [0.3, 0.4) is 0 Å². The zero-order chi connectivity index (χ0) is 11.9. The summed E-state index contributed by atoms with van der Waals surface area (Å²) in [6.45, 7) is 8.54. The van der Waals surface area contributed by atoms with Crippen molar-refractivity contribution in [3.8, 4) is 0 Å². The van der Waals surface area contributed by atoms with Crippen LogP contribution in [0.1, 0.15) is 41.0 Å². The van der Waals surface area contributed by atoms with Gasteiger partial charge < -0.3 is 10.2 Å². The van der Waals surface area contributed by atoms with E-state index in [0.717, 1.165) is 6.42 Å². The monoisotopic (exact) mass is 204 g/mol. The van der Waals surface area contributed by atoms with Gasteiger partial charge in [0.15, 0.2) is 0 Å². The normalized spacial score (nSPS) is 12.4. The Bertz CT molecular complexity index is 191. The Hall–Kier alpha value is -1.06. The summed E-state index contributed by atoms with van der Waals surface area (Å²) in [6, 6.07) is 0. The molecule has 0 aromatic carbocycles. The Kier molecular flexibility index (Phi) is 7.05. The van der Waals surface area contributed by atoms with Crippen LogP contribution in [-0.2, 0) is 9.59 Å². The van der Waals surface area contributed by atoms with Crippen LogP contribution in [0.5, 0.6) is 0 Å². The SMILES string of the molecule is CC(C)(C)C(=O)O.CCC(C)C(=O)O. The summed E-state index contributed by atoms with van der Waals surface area (Å²) in [5.41, 5.74) is -0.583. The van der Waals surface area contributed by atoms with Gasteiger partial charge in [0.05, 0.1) is 11.3 Å². The van der Waals surface area contributed by atoms with E-state index < -0.39 is 17.4 Å². The van der Waals surface area contributed by atoms with Gasteiger partial charge in [0.25, 0.3) is 0 Å². The Labute approximate surface area is 84.9 Å². The van der Waals surface area contributed by atoms with E-state index in [9.17, 15) is 9.59 Å². The molecule has 1 unspecified atom stereocenters. The van der Waals surface area contributed by atoms with E-state index in [1.807, 2.05) is 6.92 Å². The maximum atomic E-state index is 10.0. The van der Waals surface area contributed by atoms with Crippen LogP contribution < -0.4 is 0 Å². The van der Waals surface area contributed by atoms with Crippen LogP contribution in [0, 0.1) is 11.3 Å². The number of carbonyl (C=O) groups is 2. The van der Waals surface area contributed by atoms with E-state index >= 15 is 0 Å². The third-order valence-electron chi connectivity index (χ3n) is 1.68. The van der Waals surface area contributed by atoms with Crippen molar-refractivity contribution in [1.82, 2.24) is 0 Å². The molecule has 0 aromatic rings. The molecule has 0 spiro atoms. The lowest BCUT2D eigenvalue weighted by molar-refractivity contribution is -0.146. The molecule has 0 heterocycles. The molecule has 0 radical (unpaired) electrons. The molecule has 84 valence electrons. The molecule has 0 rings (SSSR count). The summed E-state index contributed by atoms with van der Waals surface area (Å²) in [4.78, 5) is 20.0. The van der Waals surface area contributed by atoms with Crippen LogP contribution in [0.2, 0.25) is 0 Å². The Morgan fingerprint density at radius 3 is 1.50 bits per heavy atom. The fraction of sp³-hybridized carbons (Fsp3) is 0.800. The molecule has 0 saturated carbocycles. The standard InChI is InChI=1S/2C5H10O2/c1-5(2,3)4(6)7;1-3-4(2)5(6)7/h1-3H3,(H,6,7);4H,3H2,1-2H3,(H,6,7). The minimum absolute atomic E-state index is 0.181. The molecule has 4 nitrogen and oxygen atoms in total. The molecule has 0 saturated heterocycles. The average molecular weight is 204 g/mol. The second-order valence-corrected chi connectivity index (χ2v) is 4.20. The van der Waals surface area contributed by atoms with Crippen molar-refractivity contribution < 1.29 is 19.8 Å². The molecule has 4 heteroatoms. The first-order valence-corrected chi connectivity index (χ1v) is 4.59. The van der Waals surface area contributed by atoms with Crippen LogP contribution >= 0.6 is 0 Å². The smallest absolute Gasteiger partial charge is 0.308 e. The third-order valence-corrected chi connectivity index (χ3v) is 1.68. The van der Waals surface area contributed by atoms with Crippen molar-refractivity contribution in [3.05, 3.63) is 0 Å². The van der Waals surface area contributed by atoms with Gasteiger partial charge in [0, 0.05) is 0 Å². The maximum Gasteiger partial charge on any atom is 0.308 e. The van der Waals surface area contributed by atoms with Gasteiger partial charge in [-0.1, -0.05) is 13.8 Å². The fourth-order valence-electron chi connectivity index (χ4n) is 0.175. The fourth-order valence-corrected chi connectivity index (χ4v) is 0.175. The Morgan fingerprint density at radius 2 is 1.50 bits per heavy atom. The van der Waals surface area contributed by atoms with Gasteiger partial charge in [-0.25, -0.2) is 0 Å². The maximum absolute atomic E-state index is 10.0. The lowest BCUT2D eigenvalue weighted by Gasteiger charge is -2.08. The molecular weight excluding hydrogens is 184 g/mol. The average Bonchev–Trinajstić information content (AvgIpc) is 2.02. The zero-order valence-corrected chi connectivity index (χ0v) is 9.50. The number of hydrogen-bond acceptors (Lipinski definition) is 2. The molecule has 0 amide bonds. The zero-order valence-electron chi connectivity index (χ0n) is 9.50. The first kappa shape index (κ1) is 15.4. The largest absolute Gasteiger partial charge is 0.481 e. The number of carboxylic acids is 2. The van der Waals surface area contributed by atoms with Crippen LogP contribution in [0.25, 0.3) is 0 Å². The number of rotatable bonds is 2. The predicted octanol–water partition coefficient (Wildman–Crippen LogP) is 2.23. The molecule has 0 bridgehead atoms. The summed E-state index contributed by atoms with van der Waals surface area (Å²) >= 11 is 0. The van der Waals surface area contributed by atoms with E-state index in [-0.39, 0.29) is 5.92 Å². The van der Waals surface area contributed by atoms with E-state index in [1.54, 1.807) is 27.7 Å². The lowest BCUT2D eigenvalue weighted by atomic mass is 9.98. The Balaban J connectivity index is 0. The highest BCUT2D eigenvalue weighted by molar-refractivity contribution is 5.72. The van der Waals surface area contributed by atoms with Gasteiger partial charge in [-0.2, -0.15) is 0 Å². The number of aliphatic carboxylic acids is 2. The number of carboxylic acid groups (broad SMARTS) is 2. The van der Waals surface area contributed by atoms with Gasteiger partial charge >= 0.3 is 11.9 Å². The molecule has 0 aromatic heterocycles. The van der Waals surface area contributed by atoms with Crippen molar-refractivity contribution >= 4 is 11.9 Å². The third kappa shape index (κ3) is 9.03. The van der Waals surface area contributed by atoms with Gasteiger partial charge in [0.1, 0.15) is 0 Å². The van der Waals surface area contributed by atoms with E-state index in [1.165, 1.54) is 0 Å². The van der Waals surface area contributed by atoms with E-state index in [2.05, 4.69) is 0 Å².